The summed E-state index contributed by atoms with van der Waals surface area (Å²) in [6.07, 6.45) is -1.27. The molecule has 0 aliphatic rings. The second-order valence-corrected chi connectivity index (χ2v) is 6.40. The van der Waals surface area contributed by atoms with E-state index in [1.54, 1.807) is 13.8 Å². The summed E-state index contributed by atoms with van der Waals surface area (Å²) in [5.74, 6) is -3.02. The lowest BCUT2D eigenvalue weighted by Gasteiger charge is -2.26. The molecule has 0 spiro atoms. The Labute approximate surface area is 158 Å². The summed E-state index contributed by atoms with van der Waals surface area (Å²) in [4.78, 5) is 45.8. The first kappa shape index (κ1) is 24.8. The first-order valence-corrected chi connectivity index (χ1v) is 8.90. The molecule has 0 aromatic rings. The van der Waals surface area contributed by atoms with Gasteiger partial charge in [-0.25, -0.2) is 0 Å². The number of aliphatic hydroxyl groups is 1. The Kier molecular flexibility index (Phi) is 12.8. The van der Waals surface area contributed by atoms with Crippen LogP contribution in [0.3, 0.4) is 0 Å². The van der Waals surface area contributed by atoms with Crippen LogP contribution in [0.4, 0.5) is 0 Å². The number of hydrogen-bond acceptors (Lipinski definition) is 7. The van der Waals surface area contributed by atoms with Crippen LogP contribution in [0, 0.1) is 0 Å². The van der Waals surface area contributed by atoms with Gasteiger partial charge in [0.1, 0.15) is 6.10 Å². The maximum atomic E-state index is 11.6. The lowest BCUT2D eigenvalue weighted by molar-refractivity contribution is -0.152. The zero-order valence-electron chi connectivity index (χ0n) is 15.8. The molecule has 156 valence electrons. The number of carbonyl (C=O) groups is 4. The van der Waals surface area contributed by atoms with Crippen LogP contribution in [-0.4, -0.2) is 82.4 Å². The average molecular weight is 390 g/mol. The zero-order chi connectivity index (χ0) is 20.8. The Morgan fingerprint density at radius 2 is 1.56 bits per heavy atom. The molecule has 4 N–H and O–H groups in total. The highest BCUT2D eigenvalue weighted by Gasteiger charge is 2.16. The van der Waals surface area contributed by atoms with Gasteiger partial charge in [-0.2, -0.15) is 0 Å². The SMILES string of the molecule is CC(O)CN(CCCNC(=O)CCC(=O)O)CC(C)OC(=O)CCC(=O)O. The second kappa shape index (κ2) is 13.9. The Morgan fingerprint density at radius 1 is 0.963 bits per heavy atom. The van der Waals surface area contributed by atoms with Crippen molar-refractivity contribution in [3.05, 3.63) is 0 Å². The number of carboxylic acid groups (broad SMARTS) is 2. The predicted molar refractivity (Wildman–Crippen MR) is 95.0 cm³/mol. The molecule has 1 amide bonds. The van der Waals surface area contributed by atoms with E-state index in [1.807, 2.05) is 4.90 Å². The Balaban J connectivity index is 4.22. The van der Waals surface area contributed by atoms with E-state index in [2.05, 4.69) is 5.32 Å². The van der Waals surface area contributed by atoms with Crippen molar-refractivity contribution in [1.82, 2.24) is 10.2 Å². The van der Waals surface area contributed by atoms with Crippen molar-refractivity contribution < 1.29 is 39.2 Å². The van der Waals surface area contributed by atoms with Crippen LogP contribution in [0.25, 0.3) is 0 Å². The summed E-state index contributed by atoms with van der Waals surface area (Å²) in [7, 11) is 0. The van der Waals surface area contributed by atoms with Crippen LogP contribution in [0.1, 0.15) is 46.0 Å². The molecule has 2 atom stereocenters. The van der Waals surface area contributed by atoms with Crippen molar-refractivity contribution in [2.24, 2.45) is 0 Å². The van der Waals surface area contributed by atoms with Gasteiger partial charge in [-0.1, -0.05) is 0 Å². The van der Waals surface area contributed by atoms with Gasteiger partial charge in [-0.3, -0.25) is 24.1 Å². The minimum Gasteiger partial charge on any atom is -0.481 e. The van der Waals surface area contributed by atoms with Gasteiger partial charge in [0, 0.05) is 32.6 Å². The van der Waals surface area contributed by atoms with Gasteiger partial charge in [0.15, 0.2) is 0 Å². The molecule has 27 heavy (non-hydrogen) atoms. The lowest BCUT2D eigenvalue weighted by atomic mass is 10.2. The molecule has 10 nitrogen and oxygen atoms in total. The van der Waals surface area contributed by atoms with Crippen molar-refractivity contribution in [3.63, 3.8) is 0 Å². The predicted octanol–water partition coefficient (Wildman–Crippen LogP) is -0.163. The molecule has 0 aliphatic heterocycles. The number of esters is 1. The number of carbonyl (C=O) groups excluding carboxylic acids is 2. The molecule has 0 aliphatic carbocycles. The van der Waals surface area contributed by atoms with Crippen molar-refractivity contribution in [2.75, 3.05) is 26.2 Å². The molecular formula is C17H30N2O8. The van der Waals surface area contributed by atoms with E-state index >= 15 is 0 Å². The molecular weight excluding hydrogens is 360 g/mol. The van der Waals surface area contributed by atoms with Crippen LogP contribution in [-0.2, 0) is 23.9 Å². The van der Waals surface area contributed by atoms with Crippen molar-refractivity contribution >= 4 is 23.8 Å². The number of rotatable bonds is 15. The van der Waals surface area contributed by atoms with E-state index in [4.69, 9.17) is 14.9 Å². The number of aliphatic carboxylic acids is 2. The van der Waals surface area contributed by atoms with E-state index in [-0.39, 0.29) is 31.6 Å². The third kappa shape index (κ3) is 15.7. The summed E-state index contributed by atoms with van der Waals surface area (Å²) in [5.41, 5.74) is 0. The first-order valence-electron chi connectivity index (χ1n) is 8.90. The quantitative estimate of drug-likeness (QED) is 0.220. The molecule has 0 heterocycles. The maximum Gasteiger partial charge on any atom is 0.306 e. The molecule has 0 saturated carbocycles. The standard InChI is InChI=1S/C17H30N2O8/c1-12(20)10-19(9-3-8-18-14(21)4-5-15(22)23)11-13(2)27-17(26)7-6-16(24)25/h12-13,20H,3-11H2,1-2H3,(H,18,21)(H,22,23)(H,24,25). The number of aliphatic hydroxyl groups excluding tert-OH is 1. The van der Waals surface area contributed by atoms with Crippen LogP contribution in [0.15, 0.2) is 0 Å². The van der Waals surface area contributed by atoms with Crippen LogP contribution < -0.4 is 5.32 Å². The van der Waals surface area contributed by atoms with Gasteiger partial charge in [-0.15, -0.1) is 0 Å². The normalized spacial score (nSPS) is 13.0. The van der Waals surface area contributed by atoms with Gasteiger partial charge in [0.05, 0.1) is 25.4 Å². The molecule has 0 radical (unpaired) electrons. The Hall–Kier alpha value is -2.20. The van der Waals surface area contributed by atoms with Crippen LogP contribution in [0.2, 0.25) is 0 Å². The number of nitrogens with one attached hydrogen (secondary N) is 1. The first-order chi connectivity index (χ1) is 12.6. The molecule has 0 saturated heterocycles. The highest BCUT2D eigenvalue weighted by molar-refractivity contribution is 5.80. The largest absolute Gasteiger partial charge is 0.481 e. The van der Waals surface area contributed by atoms with Crippen LogP contribution >= 0.6 is 0 Å². The number of nitrogens with zero attached hydrogens (tertiary/aromatic N) is 1. The lowest BCUT2D eigenvalue weighted by Crippen LogP contribution is -2.39. The van der Waals surface area contributed by atoms with Gasteiger partial charge >= 0.3 is 17.9 Å². The molecule has 0 aromatic heterocycles. The number of ether oxygens (including phenoxy) is 1. The summed E-state index contributed by atoms with van der Waals surface area (Å²) in [6, 6.07) is 0. The Morgan fingerprint density at radius 3 is 2.11 bits per heavy atom. The minimum absolute atomic E-state index is 0.0734. The topological polar surface area (TPSA) is 153 Å². The average Bonchev–Trinajstić information content (AvgIpc) is 2.54. The molecule has 0 rings (SSSR count). The minimum atomic E-state index is -1.07. The molecule has 0 bridgehead atoms. The third-order valence-corrected chi connectivity index (χ3v) is 3.45. The fraction of sp³-hybridized carbons (Fsp3) is 0.765. The fourth-order valence-corrected chi connectivity index (χ4v) is 2.36. The summed E-state index contributed by atoms with van der Waals surface area (Å²) >= 11 is 0. The summed E-state index contributed by atoms with van der Waals surface area (Å²) in [5, 5.41) is 29.3. The van der Waals surface area contributed by atoms with Gasteiger partial charge in [0.25, 0.3) is 0 Å². The van der Waals surface area contributed by atoms with Crippen LogP contribution in [0.5, 0.6) is 0 Å². The smallest absolute Gasteiger partial charge is 0.306 e. The highest BCUT2D eigenvalue weighted by atomic mass is 16.5. The Bertz CT molecular complexity index is 495. The van der Waals surface area contributed by atoms with E-state index < -0.39 is 30.1 Å². The van der Waals surface area contributed by atoms with Gasteiger partial charge < -0.3 is 25.4 Å². The molecule has 0 aromatic carbocycles. The van der Waals surface area contributed by atoms with E-state index in [0.29, 0.717) is 32.6 Å². The van der Waals surface area contributed by atoms with Crippen molar-refractivity contribution in [3.8, 4) is 0 Å². The number of amides is 1. The molecule has 10 heteroatoms. The van der Waals surface area contributed by atoms with Crippen molar-refractivity contribution in [1.29, 1.82) is 0 Å². The molecule has 2 unspecified atom stereocenters. The maximum absolute atomic E-state index is 11.6. The summed E-state index contributed by atoms with van der Waals surface area (Å²) in [6.45, 7) is 4.91. The second-order valence-electron chi connectivity index (χ2n) is 6.40. The number of hydrogen-bond donors (Lipinski definition) is 4. The zero-order valence-corrected chi connectivity index (χ0v) is 15.8. The van der Waals surface area contributed by atoms with Gasteiger partial charge in [-0.05, 0) is 20.3 Å². The fourth-order valence-electron chi connectivity index (χ4n) is 2.36. The van der Waals surface area contributed by atoms with Gasteiger partial charge in [0.2, 0.25) is 5.91 Å². The van der Waals surface area contributed by atoms with E-state index in [9.17, 15) is 24.3 Å². The van der Waals surface area contributed by atoms with Crippen molar-refractivity contribution in [2.45, 2.75) is 58.2 Å². The van der Waals surface area contributed by atoms with E-state index in [1.165, 1.54) is 0 Å². The monoisotopic (exact) mass is 390 g/mol. The highest BCUT2D eigenvalue weighted by Crippen LogP contribution is 2.03. The summed E-state index contributed by atoms with van der Waals surface area (Å²) < 4.78 is 5.16. The third-order valence-electron chi connectivity index (χ3n) is 3.45. The molecule has 0 fully saturated rings. The number of carboxylic acids is 2. The van der Waals surface area contributed by atoms with E-state index in [0.717, 1.165) is 0 Å².